The SMILES string of the molecule is C=CCN(CC(=O)O)CC1CN(CC(C)C)CCO1. The van der Waals surface area contributed by atoms with Crippen molar-refractivity contribution in [2.24, 2.45) is 5.92 Å². The van der Waals surface area contributed by atoms with E-state index in [1.165, 1.54) is 0 Å². The van der Waals surface area contributed by atoms with Crippen molar-refractivity contribution in [1.82, 2.24) is 9.80 Å². The fraction of sp³-hybridized carbons (Fsp3) is 0.786. The van der Waals surface area contributed by atoms with Crippen LogP contribution in [0, 0.1) is 5.92 Å². The summed E-state index contributed by atoms with van der Waals surface area (Å²) in [5, 5.41) is 8.88. The van der Waals surface area contributed by atoms with Gasteiger partial charge in [-0.1, -0.05) is 19.9 Å². The number of rotatable bonds is 8. The Hall–Kier alpha value is -0.910. The van der Waals surface area contributed by atoms with Crippen molar-refractivity contribution in [2.45, 2.75) is 20.0 Å². The standard InChI is InChI=1S/C14H26N2O3/c1-4-5-15(11-14(17)18)9-13-10-16(6-7-19-13)8-12(2)3/h4,12-13H,1,5-11H2,2-3H3,(H,17,18). The minimum atomic E-state index is -0.809. The van der Waals surface area contributed by atoms with E-state index in [0.29, 0.717) is 19.0 Å². The molecule has 5 heteroatoms. The van der Waals surface area contributed by atoms with Crippen molar-refractivity contribution in [3.63, 3.8) is 0 Å². The van der Waals surface area contributed by atoms with Crippen LogP contribution in [0.4, 0.5) is 0 Å². The lowest BCUT2D eigenvalue weighted by molar-refractivity contribution is -0.138. The average molecular weight is 270 g/mol. The molecule has 0 bridgehead atoms. The van der Waals surface area contributed by atoms with Crippen molar-refractivity contribution < 1.29 is 14.6 Å². The Morgan fingerprint density at radius 1 is 1.63 bits per heavy atom. The first kappa shape index (κ1) is 16.1. The van der Waals surface area contributed by atoms with Crippen LogP contribution in [0.3, 0.4) is 0 Å². The van der Waals surface area contributed by atoms with Gasteiger partial charge in [-0.25, -0.2) is 0 Å². The Bertz CT molecular complexity index is 294. The normalized spacial score (nSPS) is 20.9. The van der Waals surface area contributed by atoms with E-state index in [1.807, 2.05) is 4.90 Å². The summed E-state index contributed by atoms with van der Waals surface area (Å²) in [6.45, 7) is 13.0. The smallest absolute Gasteiger partial charge is 0.317 e. The van der Waals surface area contributed by atoms with Crippen LogP contribution in [-0.4, -0.2) is 72.9 Å². The third-order valence-corrected chi connectivity index (χ3v) is 3.05. The molecule has 0 aromatic heterocycles. The second-order valence-corrected chi connectivity index (χ2v) is 5.52. The molecule has 0 aliphatic carbocycles. The van der Waals surface area contributed by atoms with Gasteiger partial charge in [0.15, 0.2) is 0 Å². The highest BCUT2D eigenvalue weighted by Gasteiger charge is 2.23. The molecule has 1 aliphatic rings. The first-order valence-corrected chi connectivity index (χ1v) is 6.90. The zero-order chi connectivity index (χ0) is 14.3. The molecule has 1 unspecified atom stereocenters. The largest absolute Gasteiger partial charge is 0.480 e. The van der Waals surface area contributed by atoms with Crippen LogP contribution in [0.1, 0.15) is 13.8 Å². The van der Waals surface area contributed by atoms with Gasteiger partial charge in [-0.15, -0.1) is 6.58 Å². The molecular formula is C14H26N2O3. The molecule has 1 atom stereocenters. The fourth-order valence-corrected chi connectivity index (χ4v) is 2.44. The van der Waals surface area contributed by atoms with Crippen LogP contribution in [0.15, 0.2) is 12.7 Å². The molecule has 1 heterocycles. The summed E-state index contributed by atoms with van der Waals surface area (Å²) >= 11 is 0. The first-order valence-electron chi connectivity index (χ1n) is 6.90. The lowest BCUT2D eigenvalue weighted by Gasteiger charge is -2.36. The predicted molar refractivity (Wildman–Crippen MR) is 75.3 cm³/mol. The van der Waals surface area contributed by atoms with Crippen molar-refractivity contribution in [1.29, 1.82) is 0 Å². The third kappa shape index (κ3) is 6.71. The van der Waals surface area contributed by atoms with E-state index >= 15 is 0 Å². The third-order valence-electron chi connectivity index (χ3n) is 3.05. The number of nitrogens with zero attached hydrogens (tertiary/aromatic N) is 2. The number of morpholine rings is 1. The van der Waals surface area contributed by atoms with E-state index in [0.717, 1.165) is 26.2 Å². The molecule has 0 aromatic rings. The summed E-state index contributed by atoms with van der Waals surface area (Å²) in [5.41, 5.74) is 0. The lowest BCUT2D eigenvalue weighted by atomic mass is 10.1. The van der Waals surface area contributed by atoms with Crippen molar-refractivity contribution in [3.8, 4) is 0 Å². The Balaban J connectivity index is 2.44. The van der Waals surface area contributed by atoms with Gasteiger partial charge >= 0.3 is 5.97 Å². The minimum absolute atomic E-state index is 0.0378. The zero-order valence-electron chi connectivity index (χ0n) is 12.0. The topological polar surface area (TPSA) is 53.0 Å². The highest BCUT2D eigenvalue weighted by molar-refractivity contribution is 5.69. The number of carbonyl (C=O) groups is 1. The number of carboxylic acid groups (broad SMARTS) is 1. The second kappa shape index (κ2) is 8.30. The van der Waals surface area contributed by atoms with Gasteiger partial charge in [0, 0.05) is 32.7 Å². The first-order chi connectivity index (χ1) is 9.01. The maximum atomic E-state index is 10.8. The Kier molecular flexibility index (Phi) is 7.05. The van der Waals surface area contributed by atoms with Gasteiger partial charge in [0.25, 0.3) is 0 Å². The van der Waals surface area contributed by atoms with Gasteiger partial charge in [0.1, 0.15) is 0 Å². The highest BCUT2D eigenvalue weighted by Crippen LogP contribution is 2.09. The number of hydrogen-bond acceptors (Lipinski definition) is 4. The van der Waals surface area contributed by atoms with E-state index in [1.54, 1.807) is 6.08 Å². The molecule has 0 amide bonds. The van der Waals surface area contributed by atoms with Crippen LogP contribution in [0.2, 0.25) is 0 Å². The molecule has 0 spiro atoms. The molecule has 5 nitrogen and oxygen atoms in total. The van der Waals surface area contributed by atoms with Crippen molar-refractivity contribution >= 4 is 5.97 Å². The van der Waals surface area contributed by atoms with Crippen LogP contribution < -0.4 is 0 Å². The summed E-state index contributed by atoms with van der Waals surface area (Å²) in [6, 6.07) is 0. The van der Waals surface area contributed by atoms with E-state index in [9.17, 15) is 4.79 Å². The summed E-state index contributed by atoms with van der Waals surface area (Å²) in [5.74, 6) is -0.168. The van der Waals surface area contributed by atoms with E-state index in [2.05, 4.69) is 25.3 Å². The second-order valence-electron chi connectivity index (χ2n) is 5.52. The van der Waals surface area contributed by atoms with Gasteiger partial charge < -0.3 is 9.84 Å². The number of carboxylic acids is 1. The fourth-order valence-electron chi connectivity index (χ4n) is 2.44. The Labute approximate surface area is 115 Å². The molecule has 0 aromatic carbocycles. The monoisotopic (exact) mass is 270 g/mol. The van der Waals surface area contributed by atoms with Gasteiger partial charge in [0.2, 0.25) is 0 Å². The molecule has 19 heavy (non-hydrogen) atoms. The number of aliphatic carboxylic acids is 1. The summed E-state index contributed by atoms with van der Waals surface area (Å²) in [6.07, 6.45) is 1.82. The quantitative estimate of drug-likeness (QED) is 0.665. The molecule has 1 aliphatic heterocycles. The number of hydrogen-bond donors (Lipinski definition) is 1. The summed E-state index contributed by atoms with van der Waals surface area (Å²) in [4.78, 5) is 15.1. The minimum Gasteiger partial charge on any atom is -0.480 e. The molecule has 1 fully saturated rings. The van der Waals surface area contributed by atoms with Gasteiger partial charge in [-0.2, -0.15) is 0 Å². The summed E-state index contributed by atoms with van der Waals surface area (Å²) < 4.78 is 5.74. The van der Waals surface area contributed by atoms with Crippen LogP contribution in [0.5, 0.6) is 0 Å². The molecule has 1 rings (SSSR count). The Morgan fingerprint density at radius 2 is 2.37 bits per heavy atom. The maximum absolute atomic E-state index is 10.8. The Morgan fingerprint density at radius 3 is 2.95 bits per heavy atom. The van der Waals surface area contributed by atoms with Gasteiger partial charge in [-0.3, -0.25) is 14.6 Å². The van der Waals surface area contributed by atoms with Gasteiger partial charge in [-0.05, 0) is 5.92 Å². The maximum Gasteiger partial charge on any atom is 0.317 e. The average Bonchev–Trinajstić information content (AvgIpc) is 2.27. The molecule has 0 saturated carbocycles. The van der Waals surface area contributed by atoms with Crippen LogP contribution in [0.25, 0.3) is 0 Å². The molecule has 1 N–H and O–H groups in total. The predicted octanol–water partition coefficient (Wildman–Crippen LogP) is 0.916. The molecule has 1 saturated heterocycles. The number of ether oxygens (including phenoxy) is 1. The lowest BCUT2D eigenvalue weighted by Crippen LogP contribution is -2.49. The van der Waals surface area contributed by atoms with E-state index < -0.39 is 5.97 Å². The van der Waals surface area contributed by atoms with Crippen molar-refractivity contribution in [2.75, 3.05) is 45.9 Å². The van der Waals surface area contributed by atoms with Gasteiger partial charge in [0.05, 0.1) is 19.3 Å². The van der Waals surface area contributed by atoms with E-state index in [4.69, 9.17) is 9.84 Å². The molecular weight excluding hydrogens is 244 g/mol. The molecule has 110 valence electrons. The highest BCUT2D eigenvalue weighted by atomic mass is 16.5. The van der Waals surface area contributed by atoms with Crippen LogP contribution >= 0.6 is 0 Å². The zero-order valence-corrected chi connectivity index (χ0v) is 12.0. The van der Waals surface area contributed by atoms with Crippen LogP contribution in [-0.2, 0) is 9.53 Å². The summed E-state index contributed by atoms with van der Waals surface area (Å²) in [7, 11) is 0. The van der Waals surface area contributed by atoms with Crippen molar-refractivity contribution in [3.05, 3.63) is 12.7 Å². The van der Waals surface area contributed by atoms with E-state index in [-0.39, 0.29) is 12.6 Å². The molecule has 0 radical (unpaired) electrons.